The number of aryl methyl sites for hydroxylation is 2. The molecule has 0 fully saturated rings. The summed E-state index contributed by atoms with van der Waals surface area (Å²) in [5, 5.41) is 7.87. The molecule has 0 spiro atoms. The standard InChI is InChI=1S/C23H22N2O4/c1-13-8-17-16-11-22(29-5)21(28-4)10-15(16)9-19(18(17)12-20(13)27-3)23(26)25-7-6-14(2)24-25/h6-12H,1-5H3. The number of carbonyl (C=O) groups excluding carboxylic acids is 1. The van der Waals surface area contributed by atoms with Crippen molar-refractivity contribution in [1.82, 2.24) is 9.78 Å². The highest BCUT2D eigenvalue weighted by atomic mass is 16.5. The fourth-order valence-electron chi connectivity index (χ4n) is 3.66. The molecule has 0 aliphatic heterocycles. The molecule has 6 heteroatoms. The number of fused-ring (bicyclic) bond motifs is 3. The number of ether oxygens (including phenoxy) is 3. The molecule has 29 heavy (non-hydrogen) atoms. The van der Waals surface area contributed by atoms with Gasteiger partial charge in [-0.15, -0.1) is 0 Å². The number of carbonyl (C=O) groups is 1. The molecule has 0 radical (unpaired) electrons. The van der Waals surface area contributed by atoms with Crippen LogP contribution in [0, 0.1) is 13.8 Å². The predicted molar refractivity (Wildman–Crippen MR) is 113 cm³/mol. The Labute approximate surface area is 168 Å². The smallest absolute Gasteiger partial charge is 0.278 e. The second-order valence-corrected chi connectivity index (χ2v) is 6.93. The average molecular weight is 390 g/mol. The van der Waals surface area contributed by atoms with Crippen LogP contribution in [-0.4, -0.2) is 37.0 Å². The molecule has 0 unspecified atom stereocenters. The Morgan fingerprint density at radius 1 is 0.828 bits per heavy atom. The highest BCUT2D eigenvalue weighted by Gasteiger charge is 2.19. The van der Waals surface area contributed by atoms with Gasteiger partial charge in [0.05, 0.1) is 32.6 Å². The van der Waals surface area contributed by atoms with Crippen molar-refractivity contribution in [3.8, 4) is 17.2 Å². The predicted octanol–water partition coefficient (Wildman–Crippen LogP) is 4.52. The summed E-state index contributed by atoms with van der Waals surface area (Å²) in [6.45, 7) is 3.84. The van der Waals surface area contributed by atoms with Crippen molar-refractivity contribution < 1.29 is 19.0 Å². The molecule has 0 amide bonds. The van der Waals surface area contributed by atoms with E-state index in [1.165, 1.54) is 4.68 Å². The molecule has 0 atom stereocenters. The van der Waals surface area contributed by atoms with Crippen LogP contribution in [0.5, 0.6) is 17.2 Å². The van der Waals surface area contributed by atoms with Crippen LogP contribution in [0.4, 0.5) is 0 Å². The Morgan fingerprint density at radius 2 is 1.48 bits per heavy atom. The molecule has 148 valence electrons. The van der Waals surface area contributed by atoms with Gasteiger partial charge >= 0.3 is 0 Å². The topological polar surface area (TPSA) is 62.6 Å². The third-order valence-corrected chi connectivity index (χ3v) is 5.13. The van der Waals surface area contributed by atoms with Gasteiger partial charge in [-0.25, -0.2) is 4.68 Å². The van der Waals surface area contributed by atoms with E-state index in [-0.39, 0.29) is 5.91 Å². The van der Waals surface area contributed by atoms with Gasteiger partial charge in [-0.3, -0.25) is 4.79 Å². The van der Waals surface area contributed by atoms with Gasteiger partial charge in [0, 0.05) is 6.20 Å². The third kappa shape index (κ3) is 3.06. The Balaban J connectivity index is 2.11. The molecule has 3 aromatic carbocycles. The fourth-order valence-corrected chi connectivity index (χ4v) is 3.66. The maximum Gasteiger partial charge on any atom is 0.278 e. The normalized spacial score (nSPS) is 11.1. The first-order chi connectivity index (χ1) is 14.0. The lowest BCUT2D eigenvalue weighted by Gasteiger charge is -2.15. The Kier molecular flexibility index (Phi) is 4.62. The zero-order chi connectivity index (χ0) is 20.7. The Morgan fingerprint density at radius 3 is 2.10 bits per heavy atom. The molecule has 4 rings (SSSR count). The molecule has 0 aliphatic carbocycles. The number of methoxy groups -OCH3 is 3. The van der Waals surface area contributed by atoms with Crippen LogP contribution < -0.4 is 14.2 Å². The van der Waals surface area contributed by atoms with E-state index in [1.807, 2.05) is 44.2 Å². The van der Waals surface area contributed by atoms with Crippen molar-refractivity contribution in [1.29, 1.82) is 0 Å². The van der Waals surface area contributed by atoms with Gasteiger partial charge in [-0.2, -0.15) is 5.10 Å². The zero-order valence-electron chi connectivity index (χ0n) is 17.1. The molecule has 1 heterocycles. The summed E-state index contributed by atoms with van der Waals surface area (Å²) < 4.78 is 17.8. The quantitative estimate of drug-likeness (QED) is 0.480. The second-order valence-electron chi connectivity index (χ2n) is 6.93. The fraction of sp³-hybridized carbons (Fsp3) is 0.217. The minimum Gasteiger partial charge on any atom is -0.496 e. The summed E-state index contributed by atoms with van der Waals surface area (Å²) in [4.78, 5) is 13.3. The van der Waals surface area contributed by atoms with Crippen LogP contribution in [0.2, 0.25) is 0 Å². The van der Waals surface area contributed by atoms with Crippen molar-refractivity contribution in [2.45, 2.75) is 13.8 Å². The second kappa shape index (κ2) is 7.13. The molecule has 6 nitrogen and oxygen atoms in total. The van der Waals surface area contributed by atoms with Gasteiger partial charge in [0.1, 0.15) is 5.75 Å². The SMILES string of the molecule is COc1cc2c(C(=O)n3ccc(C)n3)cc3cc(OC)c(OC)cc3c2cc1C. The van der Waals surface area contributed by atoms with Gasteiger partial charge in [0.25, 0.3) is 5.91 Å². The number of benzene rings is 3. The lowest BCUT2D eigenvalue weighted by Crippen LogP contribution is -2.13. The minimum absolute atomic E-state index is 0.203. The van der Waals surface area contributed by atoms with E-state index in [1.54, 1.807) is 33.6 Å². The lowest BCUT2D eigenvalue weighted by molar-refractivity contribution is 0.0946. The zero-order valence-corrected chi connectivity index (χ0v) is 17.1. The summed E-state index contributed by atoms with van der Waals surface area (Å²) in [6.07, 6.45) is 1.67. The number of aromatic nitrogens is 2. The van der Waals surface area contributed by atoms with Gasteiger partial charge in [0.15, 0.2) is 11.5 Å². The van der Waals surface area contributed by atoms with Crippen molar-refractivity contribution in [3.05, 3.63) is 59.4 Å². The van der Waals surface area contributed by atoms with E-state index >= 15 is 0 Å². The van der Waals surface area contributed by atoms with Gasteiger partial charge < -0.3 is 14.2 Å². The van der Waals surface area contributed by atoms with Gasteiger partial charge in [-0.1, -0.05) is 0 Å². The van der Waals surface area contributed by atoms with Gasteiger partial charge in [0.2, 0.25) is 0 Å². The van der Waals surface area contributed by atoms with Crippen LogP contribution in [0.1, 0.15) is 21.6 Å². The molecular formula is C23H22N2O4. The summed E-state index contributed by atoms with van der Waals surface area (Å²) >= 11 is 0. The average Bonchev–Trinajstić information content (AvgIpc) is 3.17. The van der Waals surface area contributed by atoms with E-state index in [4.69, 9.17) is 14.2 Å². The van der Waals surface area contributed by atoms with Crippen LogP contribution in [0.3, 0.4) is 0 Å². The van der Waals surface area contributed by atoms with Crippen molar-refractivity contribution in [2.24, 2.45) is 0 Å². The van der Waals surface area contributed by atoms with Crippen LogP contribution >= 0.6 is 0 Å². The summed E-state index contributed by atoms with van der Waals surface area (Å²) in [6, 6.07) is 11.4. The van der Waals surface area contributed by atoms with Gasteiger partial charge in [-0.05, 0) is 77.4 Å². The highest BCUT2D eigenvalue weighted by Crippen LogP contribution is 2.39. The molecule has 1 aromatic heterocycles. The first-order valence-electron chi connectivity index (χ1n) is 9.21. The van der Waals surface area contributed by atoms with Crippen LogP contribution in [0.25, 0.3) is 21.5 Å². The maximum absolute atomic E-state index is 13.3. The van der Waals surface area contributed by atoms with E-state index in [9.17, 15) is 4.79 Å². The molecule has 0 aliphatic rings. The molecule has 0 saturated heterocycles. The van der Waals surface area contributed by atoms with E-state index < -0.39 is 0 Å². The van der Waals surface area contributed by atoms with Crippen LogP contribution in [-0.2, 0) is 0 Å². The van der Waals surface area contributed by atoms with Crippen molar-refractivity contribution in [3.63, 3.8) is 0 Å². The summed E-state index contributed by atoms with van der Waals surface area (Å²) in [7, 11) is 4.83. The third-order valence-electron chi connectivity index (χ3n) is 5.13. The van der Waals surface area contributed by atoms with Crippen LogP contribution in [0.15, 0.2) is 42.6 Å². The number of hydrogen-bond acceptors (Lipinski definition) is 5. The number of nitrogens with zero attached hydrogens (tertiary/aromatic N) is 2. The first-order valence-corrected chi connectivity index (χ1v) is 9.21. The molecule has 0 bridgehead atoms. The molecular weight excluding hydrogens is 368 g/mol. The van der Waals surface area contributed by atoms with Crippen molar-refractivity contribution in [2.75, 3.05) is 21.3 Å². The minimum atomic E-state index is -0.203. The molecule has 4 aromatic rings. The maximum atomic E-state index is 13.3. The first kappa shape index (κ1) is 18.8. The Bertz CT molecular complexity index is 1260. The highest BCUT2D eigenvalue weighted by molar-refractivity contribution is 6.18. The number of hydrogen-bond donors (Lipinski definition) is 0. The lowest BCUT2D eigenvalue weighted by atomic mass is 9.94. The largest absolute Gasteiger partial charge is 0.496 e. The van der Waals surface area contributed by atoms with E-state index in [2.05, 4.69) is 5.10 Å². The van der Waals surface area contributed by atoms with E-state index in [0.717, 1.165) is 38.6 Å². The Hall–Kier alpha value is -3.54. The monoisotopic (exact) mass is 390 g/mol. The number of rotatable bonds is 4. The molecule has 0 N–H and O–H groups in total. The van der Waals surface area contributed by atoms with Crippen molar-refractivity contribution >= 4 is 27.5 Å². The summed E-state index contributed by atoms with van der Waals surface area (Å²) in [5.74, 6) is 1.77. The molecule has 0 saturated carbocycles. The van der Waals surface area contributed by atoms with E-state index in [0.29, 0.717) is 17.1 Å². The summed E-state index contributed by atoms with van der Waals surface area (Å²) in [5.41, 5.74) is 2.31.